The number of benzene rings is 1. The van der Waals surface area contributed by atoms with Crippen LogP contribution in [0.3, 0.4) is 0 Å². The van der Waals surface area contributed by atoms with Gasteiger partial charge in [0.25, 0.3) is 0 Å². The Hall–Kier alpha value is -1.82. The highest BCUT2D eigenvalue weighted by molar-refractivity contribution is 6.32. The standard InChI is InChI=1S/C14H20ClN5O/c1-3-5-8-20-14(17-18-19-20)16-10-11-6-7-13(21-4-2)12(15)9-11/h6-7,9H,3-5,8,10H2,1-2H3,(H,16,17,19). The average molecular weight is 310 g/mol. The summed E-state index contributed by atoms with van der Waals surface area (Å²) in [5, 5.41) is 15.5. The molecule has 1 heterocycles. The molecular weight excluding hydrogens is 290 g/mol. The van der Waals surface area contributed by atoms with Crippen LogP contribution < -0.4 is 10.1 Å². The number of rotatable bonds is 8. The van der Waals surface area contributed by atoms with E-state index < -0.39 is 0 Å². The molecule has 1 N–H and O–H groups in total. The first kappa shape index (κ1) is 15.6. The summed E-state index contributed by atoms with van der Waals surface area (Å²) in [6.45, 7) is 6.10. The number of unbranched alkanes of at least 4 members (excludes halogenated alkanes) is 1. The number of tetrazole rings is 1. The van der Waals surface area contributed by atoms with Gasteiger partial charge in [0.2, 0.25) is 5.95 Å². The average Bonchev–Trinajstić information content (AvgIpc) is 2.93. The molecule has 0 fully saturated rings. The van der Waals surface area contributed by atoms with Crippen LogP contribution in [-0.4, -0.2) is 26.8 Å². The molecule has 0 unspecified atom stereocenters. The van der Waals surface area contributed by atoms with Crippen LogP contribution in [0.4, 0.5) is 5.95 Å². The maximum absolute atomic E-state index is 6.17. The van der Waals surface area contributed by atoms with Crippen LogP contribution in [0.5, 0.6) is 5.75 Å². The molecule has 114 valence electrons. The predicted molar refractivity (Wildman–Crippen MR) is 82.7 cm³/mol. The van der Waals surface area contributed by atoms with Crippen molar-refractivity contribution >= 4 is 17.5 Å². The van der Waals surface area contributed by atoms with Crippen molar-refractivity contribution in [3.05, 3.63) is 28.8 Å². The van der Waals surface area contributed by atoms with Crippen LogP contribution in [0.25, 0.3) is 0 Å². The van der Waals surface area contributed by atoms with E-state index in [4.69, 9.17) is 16.3 Å². The van der Waals surface area contributed by atoms with E-state index in [0.29, 0.717) is 29.9 Å². The molecule has 0 saturated carbocycles. The SMILES string of the molecule is CCCCn1nnnc1NCc1ccc(OCC)c(Cl)c1. The second kappa shape index (κ2) is 7.83. The van der Waals surface area contributed by atoms with Gasteiger partial charge in [-0.25, -0.2) is 4.68 Å². The Morgan fingerprint density at radius 2 is 2.19 bits per heavy atom. The van der Waals surface area contributed by atoms with E-state index in [-0.39, 0.29) is 0 Å². The lowest BCUT2D eigenvalue weighted by Gasteiger charge is -2.09. The number of nitrogens with zero attached hydrogens (tertiary/aromatic N) is 4. The number of halogens is 1. The van der Waals surface area contributed by atoms with Crippen molar-refractivity contribution in [3.8, 4) is 5.75 Å². The Bertz CT molecular complexity index is 572. The molecule has 0 bridgehead atoms. The maximum Gasteiger partial charge on any atom is 0.243 e. The van der Waals surface area contributed by atoms with Gasteiger partial charge in [-0.05, 0) is 41.5 Å². The van der Waals surface area contributed by atoms with Crippen molar-refractivity contribution in [2.75, 3.05) is 11.9 Å². The number of anilines is 1. The van der Waals surface area contributed by atoms with E-state index in [0.717, 1.165) is 24.9 Å². The Morgan fingerprint density at radius 3 is 2.90 bits per heavy atom. The van der Waals surface area contributed by atoms with Crippen LogP contribution in [0.2, 0.25) is 5.02 Å². The summed E-state index contributed by atoms with van der Waals surface area (Å²) in [4.78, 5) is 0. The summed E-state index contributed by atoms with van der Waals surface area (Å²) in [6.07, 6.45) is 2.16. The number of aromatic nitrogens is 4. The van der Waals surface area contributed by atoms with Gasteiger partial charge in [-0.2, -0.15) is 0 Å². The van der Waals surface area contributed by atoms with Gasteiger partial charge in [-0.1, -0.05) is 36.1 Å². The fraction of sp³-hybridized carbons (Fsp3) is 0.500. The molecule has 0 aliphatic rings. The quantitative estimate of drug-likeness (QED) is 0.811. The monoisotopic (exact) mass is 309 g/mol. The summed E-state index contributed by atoms with van der Waals surface area (Å²) in [5.74, 6) is 1.38. The number of aryl methyl sites for hydroxylation is 1. The van der Waals surface area contributed by atoms with Crippen LogP contribution in [0.15, 0.2) is 18.2 Å². The molecule has 0 atom stereocenters. The second-order valence-corrected chi connectivity index (χ2v) is 5.04. The summed E-state index contributed by atoms with van der Waals surface area (Å²) in [6, 6.07) is 5.74. The molecule has 7 heteroatoms. The van der Waals surface area contributed by atoms with Gasteiger partial charge in [0.1, 0.15) is 5.75 Å². The van der Waals surface area contributed by atoms with Crippen LogP contribution in [0.1, 0.15) is 32.3 Å². The molecule has 0 radical (unpaired) electrons. The van der Waals surface area contributed by atoms with Crippen LogP contribution in [-0.2, 0) is 13.1 Å². The molecule has 0 aliphatic carbocycles. The fourth-order valence-corrected chi connectivity index (χ4v) is 2.16. The van der Waals surface area contributed by atoms with E-state index in [9.17, 15) is 0 Å². The van der Waals surface area contributed by atoms with Crippen molar-refractivity contribution in [3.63, 3.8) is 0 Å². The molecular formula is C14H20ClN5O. The van der Waals surface area contributed by atoms with Gasteiger partial charge in [0, 0.05) is 13.1 Å². The second-order valence-electron chi connectivity index (χ2n) is 4.63. The van der Waals surface area contributed by atoms with Crippen molar-refractivity contribution in [1.29, 1.82) is 0 Å². The summed E-state index contributed by atoms with van der Waals surface area (Å²) in [7, 11) is 0. The number of nitrogens with one attached hydrogen (secondary N) is 1. The summed E-state index contributed by atoms with van der Waals surface area (Å²) in [5.41, 5.74) is 1.05. The molecule has 0 aliphatic heterocycles. The lowest BCUT2D eigenvalue weighted by Crippen LogP contribution is -2.09. The third-order valence-corrected chi connectivity index (χ3v) is 3.30. The Morgan fingerprint density at radius 1 is 1.33 bits per heavy atom. The molecule has 1 aromatic heterocycles. The van der Waals surface area contributed by atoms with Crippen LogP contribution in [0, 0.1) is 0 Å². The fourth-order valence-electron chi connectivity index (χ4n) is 1.90. The van der Waals surface area contributed by atoms with Crippen molar-refractivity contribution < 1.29 is 4.74 Å². The maximum atomic E-state index is 6.17. The Labute approximate surface area is 129 Å². The Balaban J connectivity index is 1.97. The van der Waals surface area contributed by atoms with E-state index in [1.54, 1.807) is 4.68 Å². The molecule has 0 saturated heterocycles. The molecule has 0 amide bonds. The lowest BCUT2D eigenvalue weighted by atomic mass is 10.2. The van der Waals surface area contributed by atoms with Gasteiger partial charge >= 0.3 is 0 Å². The zero-order valence-corrected chi connectivity index (χ0v) is 13.1. The van der Waals surface area contributed by atoms with Crippen molar-refractivity contribution in [1.82, 2.24) is 20.2 Å². The van der Waals surface area contributed by atoms with Crippen LogP contribution >= 0.6 is 11.6 Å². The van der Waals surface area contributed by atoms with Gasteiger partial charge in [-0.15, -0.1) is 0 Å². The smallest absolute Gasteiger partial charge is 0.243 e. The molecule has 6 nitrogen and oxygen atoms in total. The number of hydrogen-bond donors (Lipinski definition) is 1. The van der Waals surface area contributed by atoms with Gasteiger partial charge < -0.3 is 10.1 Å². The molecule has 2 aromatic rings. The minimum atomic E-state index is 0.601. The zero-order valence-electron chi connectivity index (χ0n) is 12.3. The van der Waals surface area contributed by atoms with Crippen molar-refractivity contribution in [2.45, 2.75) is 39.8 Å². The topological polar surface area (TPSA) is 64.9 Å². The van der Waals surface area contributed by atoms with E-state index in [2.05, 4.69) is 27.8 Å². The normalized spacial score (nSPS) is 10.6. The van der Waals surface area contributed by atoms with Crippen molar-refractivity contribution in [2.24, 2.45) is 0 Å². The zero-order chi connectivity index (χ0) is 15.1. The predicted octanol–water partition coefficient (Wildman–Crippen LogP) is 3.14. The highest BCUT2D eigenvalue weighted by Gasteiger charge is 2.06. The van der Waals surface area contributed by atoms with E-state index in [1.165, 1.54) is 0 Å². The first-order chi connectivity index (χ1) is 10.2. The molecule has 2 rings (SSSR count). The minimum absolute atomic E-state index is 0.601. The Kier molecular flexibility index (Phi) is 5.80. The van der Waals surface area contributed by atoms with Gasteiger partial charge in [0.15, 0.2) is 0 Å². The molecule has 0 spiro atoms. The van der Waals surface area contributed by atoms with Gasteiger partial charge in [-0.3, -0.25) is 0 Å². The molecule has 21 heavy (non-hydrogen) atoms. The molecule has 1 aromatic carbocycles. The van der Waals surface area contributed by atoms with E-state index in [1.807, 2.05) is 25.1 Å². The largest absolute Gasteiger partial charge is 0.492 e. The summed E-state index contributed by atoms with van der Waals surface area (Å²) < 4.78 is 7.19. The number of ether oxygens (including phenoxy) is 1. The third kappa shape index (κ3) is 4.32. The highest BCUT2D eigenvalue weighted by atomic mass is 35.5. The summed E-state index contributed by atoms with van der Waals surface area (Å²) >= 11 is 6.17. The first-order valence-corrected chi connectivity index (χ1v) is 7.53. The van der Waals surface area contributed by atoms with E-state index >= 15 is 0 Å². The number of hydrogen-bond acceptors (Lipinski definition) is 5. The third-order valence-electron chi connectivity index (χ3n) is 3.00. The lowest BCUT2D eigenvalue weighted by molar-refractivity contribution is 0.340. The van der Waals surface area contributed by atoms with Gasteiger partial charge in [0.05, 0.1) is 11.6 Å². The highest BCUT2D eigenvalue weighted by Crippen LogP contribution is 2.25. The first-order valence-electron chi connectivity index (χ1n) is 7.15. The minimum Gasteiger partial charge on any atom is -0.492 e.